The molecule has 2 aromatic rings. The van der Waals surface area contributed by atoms with Crippen LogP contribution in [0.2, 0.25) is 5.02 Å². The van der Waals surface area contributed by atoms with Crippen LogP contribution in [0.25, 0.3) is 11.4 Å². The van der Waals surface area contributed by atoms with Crippen LogP contribution in [0.5, 0.6) is 0 Å². The molecule has 2 rings (SSSR count). The molecule has 21 heavy (non-hydrogen) atoms. The van der Waals surface area contributed by atoms with E-state index in [2.05, 4.69) is 10.1 Å². The van der Waals surface area contributed by atoms with E-state index in [1.807, 2.05) is 26.0 Å². The molecular formula is C15H18ClN3O2. The van der Waals surface area contributed by atoms with Gasteiger partial charge >= 0.3 is 0 Å². The highest BCUT2D eigenvalue weighted by Gasteiger charge is 2.14. The van der Waals surface area contributed by atoms with Crippen LogP contribution in [0, 0.1) is 0 Å². The van der Waals surface area contributed by atoms with Crippen LogP contribution in [0.3, 0.4) is 0 Å². The van der Waals surface area contributed by atoms with E-state index in [0.717, 1.165) is 5.56 Å². The Labute approximate surface area is 128 Å². The van der Waals surface area contributed by atoms with Gasteiger partial charge in [-0.25, -0.2) is 0 Å². The lowest BCUT2D eigenvalue weighted by Crippen LogP contribution is -2.33. The first kappa shape index (κ1) is 15.5. The quantitative estimate of drug-likeness (QED) is 0.851. The molecule has 0 unspecified atom stereocenters. The molecule has 1 amide bonds. The fourth-order valence-electron chi connectivity index (χ4n) is 1.75. The van der Waals surface area contributed by atoms with Crippen molar-refractivity contribution in [1.29, 1.82) is 0 Å². The maximum absolute atomic E-state index is 11.9. The molecule has 0 aliphatic heterocycles. The van der Waals surface area contributed by atoms with Crippen molar-refractivity contribution >= 4 is 17.5 Å². The Bertz CT molecular complexity index is 608. The predicted octanol–water partition coefficient (Wildman–Crippen LogP) is 3.19. The second-order valence-corrected chi connectivity index (χ2v) is 5.55. The molecule has 6 heteroatoms. The van der Waals surface area contributed by atoms with Gasteiger partial charge in [-0.15, -0.1) is 0 Å². The van der Waals surface area contributed by atoms with E-state index >= 15 is 0 Å². The zero-order valence-electron chi connectivity index (χ0n) is 12.3. The molecule has 5 nitrogen and oxygen atoms in total. The van der Waals surface area contributed by atoms with Crippen molar-refractivity contribution in [2.24, 2.45) is 0 Å². The first-order valence-electron chi connectivity index (χ1n) is 6.81. The summed E-state index contributed by atoms with van der Waals surface area (Å²) in [6.45, 7) is 3.95. The van der Waals surface area contributed by atoms with Crippen molar-refractivity contribution in [3.63, 3.8) is 0 Å². The predicted molar refractivity (Wildman–Crippen MR) is 81.0 cm³/mol. The van der Waals surface area contributed by atoms with Gasteiger partial charge in [-0.05, 0) is 38.1 Å². The summed E-state index contributed by atoms with van der Waals surface area (Å²) in [7, 11) is 1.79. The van der Waals surface area contributed by atoms with Crippen molar-refractivity contribution < 1.29 is 9.32 Å². The summed E-state index contributed by atoms with van der Waals surface area (Å²) in [6, 6.07) is 7.38. The fourth-order valence-corrected chi connectivity index (χ4v) is 1.88. The van der Waals surface area contributed by atoms with E-state index in [1.165, 1.54) is 0 Å². The highest BCUT2D eigenvalue weighted by Crippen LogP contribution is 2.19. The number of halogens is 1. The Hall–Kier alpha value is -1.88. The lowest BCUT2D eigenvalue weighted by atomic mass is 10.2. The molecule has 0 aliphatic carbocycles. The summed E-state index contributed by atoms with van der Waals surface area (Å²) >= 11 is 5.84. The number of carbonyl (C=O) groups is 1. The average molecular weight is 308 g/mol. The minimum Gasteiger partial charge on any atom is -0.343 e. The molecule has 0 spiro atoms. The average Bonchev–Trinajstić information content (AvgIpc) is 2.93. The summed E-state index contributed by atoms with van der Waals surface area (Å²) in [5, 5.41) is 4.58. The van der Waals surface area contributed by atoms with E-state index in [4.69, 9.17) is 16.1 Å². The van der Waals surface area contributed by atoms with E-state index in [1.54, 1.807) is 24.1 Å². The normalized spacial score (nSPS) is 10.9. The SMILES string of the molecule is CC(C)N(C)C(=O)CCc1nc(-c2ccc(Cl)cc2)no1. The van der Waals surface area contributed by atoms with Crippen molar-refractivity contribution in [2.75, 3.05) is 7.05 Å². The number of aromatic nitrogens is 2. The van der Waals surface area contributed by atoms with Crippen LogP contribution in [0.1, 0.15) is 26.2 Å². The number of carbonyl (C=O) groups excluding carboxylic acids is 1. The molecule has 0 atom stereocenters. The first-order chi connectivity index (χ1) is 9.97. The Morgan fingerprint density at radius 3 is 2.62 bits per heavy atom. The van der Waals surface area contributed by atoms with Crippen LogP contribution in [-0.4, -0.2) is 34.0 Å². The number of benzene rings is 1. The Morgan fingerprint density at radius 2 is 2.00 bits per heavy atom. The van der Waals surface area contributed by atoms with E-state index < -0.39 is 0 Å². The van der Waals surface area contributed by atoms with Gasteiger partial charge in [0, 0.05) is 36.5 Å². The van der Waals surface area contributed by atoms with Gasteiger partial charge in [-0.3, -0.25) is 4.79 Å². The van der Waals surface area contributed by atoms with Gasteiger partial charge in [0.05, 0.1) is 0 Å². The number of aryl methyl sites for hydroxylation is 1. The highest BCUT2D eigenvalue weighted by atomic mass is 35.5. The summed E-state index contributed by atoms with van der Waals surface area (Å²) in [4.78, 5) is 17.9. The molecule has 0 saturated carbocycles. The van der Waals surface area contributed by atoms with E-state index in [0.29, 0.717) is 29.6 Å². The fraction of sp³-hybridized carbons (Fsp3) is 0.400. The van der Waals surface area contributed by atoms with Gasteiger partial charge in [-0.1, -0.05) is 16.8 Å². The zero-order valence-corrected chi connectivity index (χ0v) is 13.1. The molecule has 0 N–H and O–H groups in total. The monoisotopic (exact) mass is 307 g/mol. The third-order valence-corrected chi connectivity index (χ3v) is 3.54. The van der Waals surface area contributed by atoms with Crippen LogP contribution in [0.4, 0.5) is 0 Å². The number of rotatable bonds is 5. The number of hydrogen-bond donors (Lipinski definition) is 0. The molecule has 112 valence electrons. The molecule has 0 aliphatic rings. The molecule has 0 saturated heterocycles. The number of amides is 1. The summed E-state index contributed by atoms with van der Waals surface area (Å²) in [6.07, 6.45) is 0.799. The van der Waals surface area contributed by atoms with Crippen LogP contribution < -0.4 is 0 Å². The standard InChI is InChI=1S/C15H18ClN3O2/c1-10(2)19(3)14(20)9-8-13-17-15(18-21-13)11-4-6-12(16)7-5-11/h4-7,10H,8-9H2,1-3H3. The first-order valence-corrected chi connectivity index (χ1v) is 7.19. The van der Waals surface area contributed by atoms with Crippen molar-refractivity contribution in [3.8, 4) is 11.4 Å². The van der Waals surface area contributed by atoms with Gasteiger partial charge < -0.3 is 9.42 Å². The third kappa shape index (κ3) is 4.04. The van der Waals surface area contributed by atoms with Gasteiger partial charge in [0.15, 0.2) is 0 Å². The maximum Gasteiger partial charge on any atom is 0.227 e. The largest absolute Gasteiger partial charge is 0.343 e. The van der Waals surface area contributed by atoms with Crippen LogP contribution in [0.15, 0.2) is 28.8 Å². The third-order valence-electron chi connectivity index (χ3n) is 3.29. The second-order valence-electron chi connectivity index (χ2n) is 5.12. The smallest absolute Gasteiger partial charge is 0.227 e. The minimum absolute atomic E-state index is 0.0660. The highest BCUT2D eigenvalue weighted by molar-refractivity contribution is 6.30. The van der Waals surface area contributed by atoms with Crippen molar-refractivity contribution in [1.82, 2.24) is 15.0 Å². The van der Waals surface area contributed by atoms with Gasteiger partial charge in [0.2, 0.25) is 17.6 Å². The lowest BCUT2D eigenvalue weighted by Gasteiger charge is -2.20. The Morgan fingerprint density at radius 1 is 1.33 bits per heavy atom. The van der Waals surface area contributed by atoms with Gasteiger partial charge in [-0.2, -0.15) is 4.98 Å². The lowest BCUT2D eigenvalue weighted by molar-refractivity contribution is -0.131. The maximum atomic E-state index is 11.9. The van der Waals surface area contributed by atoms with E-state index in [-0.39, 0.29) is 11.9 Å². The summed E-state index contributed by atoms with van der Waals surface area (Å²) in [5.41, 5.74) is 0.833. The molecule has 0 fully saturated rings. The number of hydrogen-bond acceptors (Lipinski definition) is 4. The topological polar surface area (TPSA) is 59.2 Å². The molecule has 1 aromatic carbocycles. The van der Waals surface area contributed by atoms with Crippen LogP contribution in [-0.2, 0) is 11.2 Å². The second kappa shape index (κ2) is 6.72. The number of nitrogens with zero attached hydrogens (tertiary/aromatic N) is 3. The van der Waals surface area contributed by atoms with E-state index in [9.17, 15) is 4.79 Å². The Kier molecular flexibility index (Phi) is 4.96. The summed E-state index contributed by atoms with van der Waals surface area (Å²) < 4.78 is 5.18. The Balaban J connectivity index is 1.97. The molecule has 1 heterocycles. The van der Waals surface area contributed by atoms with Gasteiger partial charge in [0.1, 0.15) is 0 Å². The molecular weight excluding hydrogens is 290 g/mol. The minimum atomic E-state index is 0.0660. The van der Waals surface area contributed by atoms with Crippen molar-refractivity contribution in [3.05, 3.63) is 35.2 Å². The molecule has 0 radical (unpaired) electrons. The molecule has 1 aromatic heterocycles. The van der Waals surface area contributed by atoms with Crippen molar-refractivity contribution in [2.45, 2.75) is 32.7 Å². The zero-order chi connectivity index (χ0) is 15.4. The summed E-state index contributed by atoms with van der Waals surface area (Å²) in [5.74, 6) is 1.04. The van der Waals surface area contributed by atoms with Gasteiger partial charge in [0.25, 0.3) is 0 Å². The van der Waals surface area contributed by atoms with Crippen LogP contribution >= 0.6 is 11.6 Å². The molecule has 0 bridgehead atoms.